The smallest absolute Gasteiger partial charge is 0.328 e. The zero-order valence-electron chi connectivity index (χ0n) is 20.1. The third-order valence-corrected chi connectivity index (χ3v) is 5.89. The normalized spacial score (nSPS) is 12.8. The van der Waals surface area contributed by atoms with Crippen molar-refractivity contribution in [3.63, 3.8) is 0 Å². The van der Waals surface area contributed by atoms with Crippen LogP contribution in [0, 0.1) is 0 Å². The van der Waals surface area contributed by atoms with Crippen molar-refractivity contribution in [1.29, 1.82) is 0 Å². The fraction of sp³-hybridized carbons (Fsp3) is 0.296. The number of aromatic nitrogens is 2. The second kappa shape index (κ2) is 11.5. The van der Waals surface area contributed by atoms with Gasteiger partial charge in [0.2, 0.25) is 5.89 Å². The zero-order chi connectivity index (χ0) is 25.5. The molecule has 2 aromatic carbocycles. The lowest BCUT2D eigenvalue weighted by Crippen LogP contribution is -2.43. The lowest BCUT2D eigenvalue weighted by atomic mass is 10.0. The van der Waals surface area contributed by atoms with Gasteiger partial charge in [0.05, 0.1) is 12.6 Å². The van der Waals surface area contributed by atoms with E-state index in [1.807, 2.05) is 37.4 Å². The third kappa shape index (κ3) is 6.11. The van der Waals surface area contributed by atoms with Gasteiger partial charge in [0.25, 0.3) is 5.91 Å². The van der Waals surface area contributed by atoms with Gasteiger partial charge in [-0.05, 0) is 42.2 Å². The van der Waals surface area contributed by atoms with Crippen molar-refractivity contribution in [3.05, 3.63) is 83.7 Å². The van der Waals surface area contributed by atoms with Gasteiger partial charge in [-0.1, -0.05) is 43.7 Å². The van der Waals surface area contributed by atoms with E-state index < -0.39 is 24.0 Å². The number of phenols is 1. The van der Waals surface area contributed by atoms with Crippen LogP contribution in [0.3, 0.4) is 0 Å². The summed E-state index contributed by atoms with van der Waals surface area (Å²) in [7, 11) is 0. The molecule has 36 heavy (non-hydrogen) atoms. The van der Waals surface area contributed by atoms with E-state index in [0.717, 1.165) is 34.9 Å². The van der Waals surface area contributed by atoms with Crippen LogP contribution in [0.1, 0.15) is 53.3 Å². The highest BCUT2D eigenvalue weighted by Crippen LogP contribution is 2.21. The number of para-hydroxylation sites is 1. The number of aromatic amines is 1. The molecule has 0 spiro atoms. The third-order valence-electron chi connectivity index (χ3n) is 5.89. The molecular weight excluding hydrogens is 460 g/mol. The Morgan fingerprint density at radius 1 is 1.17 bits per heavy atom. The van der Waals surface area contributed by atoms with E-state index in [2.05, 4.69) is 15.3 Å². The average molecular weight is 491 g/mol. The monoisotopic (exact) mass is 490 g/mol. The highest BCUT2D eigenvalue weighted by Gasteiger charge is 2.26. The Hall–Kier alpha value is -4.11. The van der Waals surface area contributed by atoms with Gasteiger partial charge in [-0.15, -0.1) is 0 Å². The maximum absolute atomic E-state index is 13.0. The summed E-state index contributed by atoms with van der Waals surface area (Å²) in [5.41, 5.74) is 8.96. The summed E-state index contributed by atoms with van der Waals surface area (Å²) in [6.45, 7) is 2.30. The summed E-state index contributed by atoms with van der Waals surface area (Å²) in [4.78, 5) is 33.3. The quantitative estimate of drug-likeness (QED) is 0.185. The van der Waals surface area contributed by atoms with E-state index >= 15 is 0 Å². The van der Waals surface area contributed by atoms with Gasteiger partial charge in [0.15, 0.2) is 5.69 Å². The topological polar surface area (TPSA) is 143 Å². The van der Waals surface area contributed by atoms with E-state index in [9.17, 15) is 14.7 Å². The second-order valence-electron chi connectivity index (χ2n) is 8.66. The van der Waals surface area contributed by atoms with E-state index in [4.69, 9.17) is 14.9 Å². The summed E-state index contributed by atoms with van der Waals surface area (Å²) < 4.78 is 10.9. The maximum atomic E-state index is 13.0. The number of esters is 1. The largest absolute Gasteiger partial charge is 0.508 e. The molecule has 0 aliphatic heterocycles. The lowest BCUT2D eigenvalue weighted by Gasteiger charge is -2.17. The Morgan fingerprint density at radius 2 is 1.94 bits per heavy atom. The van der Waals surface area contributed by atoms with Crippen LogP contribution in [0.2, 0.25) is 0 Å². The van der Waals surface area contributed by atoms with Gasteiger partial charge in [0.1, 0.15) is 18.1 Å². The molecule has 5 N–H and O–H groups in total. The number of aromatic hydroxyl groups is 1. The molecule has 1 amide bonds. The van der Waals surface area contributed by atoms with Crippen molar-refractivity contribution in [1.82, 2.24) is 15.3 Å². The molecule has 2 heterocycles. The number of hydrogen-bond acceptors (Lipinski definition) is 7. The minimum Gasteiger partial charge on any atom is -0.508 e. The zero-order valence-corrected chi connectivity index (χ0v) is 20.1. The highest BCUT2D eigenvalue weighted by atomic mass is 16.5. The number of phenolic OH excluding ortho intramolecular Hbond substituents is 1. The molecule has 0 aliphatic carbocycles. The van der Waals surface area contributed by atoms with Crippen LogP contribution in [0.4, 0.5) is 0 Å². The number of carbonyl (C=O) groups excluding carboxylic acids is 2. The van der Waals surface area contributed by atoms with Crippen LogP contribution in [0.15, 0.2) is 65.4 Å². The van der Waals surface area contributed by atoms with E-state index in [1.54, 1.807) is 24.3 Å². The number of nitrogens with one attached hydrogen (secondary N) is 2. The first-order valence-corrected chi connectivity index (χ1v) is 12.0. The van der Waals surface area contributed by atoms with E-state index in [-0.39, 0.29) is 30.4 Å². The number of carbonyl (C=O) groups is 2. The molecule has 0 bridgehead atoms. The molecule has 188 valence electrons. The lowest BCUT2D eigenvalue weighted by molar-refractivity contribution is -0.146. The second-order valence-corrected chi connectivity index (χ2v) is 8.66. The van der Waals surface area contributed by atoms with Gasteiger partial charge >= 0.3 is 5.97 Å². The van der Waals surface area contributed by atoms with Gasteiger partial charge in [-0.25, -0.2) is 9.78 Å². The standard InChI is InChI=1S/C27H30N4O5/c1-2-3-12-35-27(34)23(14-18-15-29-22-7-5-4-6-20(18)22)30-25(33)24-16-36-26(31-24)21(28)13-17-8-10-19(32)11-9-17/h4-11,15-16,21,23,29,32H,2-3,12-14,28H2,1H3,(H,30,33). The molecule has 0 saturated heterocycles. The average Bonchev–Trinajstić information content (AvgIpc) is 3.53. The van der Waals surface area contributed by atoms with Gasteiger partial charge in [0, 0.05) is 23.5 Å². The predicted octanol–water partition coefficient (Wildman–Crippen LogP) is 3.79. The van der Waals surface area contributed by atoms with Gasteiger partial charge < -0.3 is 30.3 Å². The molecule has 2 atom stereocenters. The number of nitrogens with zero attached hydrogens (tertiary/aromatic N) is 1. The van der Waals surface area contributed by atoms with Crippen LogP contribution in [-0.4, -0.2) is 39.6 Å². The SMILES string of the molecule is CCCCOC(=O)C(Cc1c[nH]c2ccccc12)NC(=O)c1coc(C(N)Cc2ccc(O)cc2)n1. The number of H-pyrrole nitrogens is 1. The highest BCUT2D eigenvalue weighted by molar-refractivity contribution is 5.95. The van der Waals surface area contributed by atoms with Crippen molar-refractivity contribution in [2.24, 2.45) is 5.73 Å². The molecule has 4 rings (SSSR count). The number of fused-ring (bicyclic) bond motifs is 1. The molecule has 0 aliphatic rings. The molecular formula is C27H30N4O5. The minimum absolute atomic E-state index is 0.0245. The summed E-state index contributed by atoms with van der Waals surface area (Å²) in [5.74, 6) is -0.696. The van der Waals surface area contributed by atoms with Crippen molar-refractivity contribution >= 4 is 22.8 Å². The van der Waals surface area contributed by atoms with Crippen molar-refractivity contribution in [2.75, 3.05) is 6.61 Å². The number of amides is 1. The molecule has 9 heteroatoms. The van der Waals surface area contributed by atoms with Gasteiger partial charge in [-0.3, -0.25) is 4.79 Å². The van der Waals surface area contributed by atoms with E-state index in [0.29, 0.717) is 6.42 Å². The predicted molar refractivity (Wildman–Crippen MR) is 134 cm³/mol. The van der Waals surface area contributed by atoms with Crippen LogP contribution < -0.4 is 11.1 Å². The first-order valence-electron chi connectivity index (χ1n) is 12.0. The Kier molecular flexibility index (Phi) is 8.02. The summed E-state index contributed by atoms with van der Waals surface area (Å²) in [6.07, 6.45) is 5.36. The van der Waals surface area contributed by atoms with Crippen LogP contribution in [-0.2, 0) is 22.4 Å². The first kappa shape index (κ1) is 25.0. The first-order chi connectivity index (χ1) is 17.4. The van der Waals surface area contributed by atoms with Crippen LogP contribution >= 0.6 is 0 Å². The Balaban J connectivity index is 1.46. The van der Waals surface area contributed by atoms with Crippen LogP contribution in [0.25, 0.3) is 10.9 Å². The Labute approximate surface area is 208 Å². The Bertz CT molecular complexity index is 1310. The fourth-order valence-corrected chi connectivity index (χ4v) is 3.90. The fourth-order valence-electron chi connectivity index (χ4n) is 3.90. The summed E-state index contributed by atoms with van der Waals surface area (Å²) >= 11 is 0. The summed E-state index contributed by atoms with van der Waals surface area (Å²) in [6, 6.07) is 12.9. The number of benzene rings is 2. The van der Waals surface area contributed by atoms with Gasteiger partial charge in [-0.2, -0.15) is 0 Å². The number of nitrogens with two attached hydrogens (primary N) is 1. The number of rotatable bonds is 11. The van der Waals surface area contributed by atoms with Crippen molar-refractivity contribution < 1.29 is 23.8 Å². The van der Waals surface area contributed by atoms with Crippen molar-refractivity contribution in [3.8, 4) is 5.75 Å². The molecule has 0 fully saturated rings. The molecule has 0 radical (unpaired) electrons. The number of oxazole rings is 1. The minimum atomic E-state index is -0.903. The van der Waals surface area contributed by atoms with Crippen molar-refractivity contribution in [2.45, 2.75) is 44.7 Å². The number of hydrogen-bond donors (Lipinski definition) is 4. The molecule has 9 nitrogen and oxygen atoms in total. The Morgan fingerprint density at radius 3 is 2.72 bits per heavy atom. The molecule has 4 aromatic rings. The maximum Gasteiger partial charge on any atom is 0.328 e. The van der Waals surface area contributed by atoms with Crippen LogP contribution in [0.5, 0.6) is 5.75 Å². The summed E-state index contributed by atoms with van der Waals surface area (Å²) in [5, 5.41) is 13.2. The molecule has 2 unspecified atom stereocenters. The molecule has 2 aromatic heterocycles. The number of unbranched alkanes of at least 4 members (excludes halogenated alkanes) is 1. The molecule has 0 saturated carbocycles. The number of ether oxygens (including phenoxy) is 1. The van der Waals surface area contributed by atoms with E-state index in [1.165, 1.54) is 6.26 Å².